The maximum atomic E-state index is 9.59. The summed E-state index contributed by atoms with van der Waals surface area (Å²) < 4.78 is 88.5. The second-order valence-corrected chi connectivity index (χ2v) is 10.9. The maximum absolute atomic E-state index is 9.59. The Morgan fingerprint density at radius 3 is 1.62 bits per heavy atom. The largest absolute Gasteiger partial charge is 0.456 e. The van der Waals surface area contributed by atoms with Gasteiger partial charge in [0, 0.05) is 16.3 Å². The second-order valence-electron chi connectivity index (χ2n) is 10.9. The molecule has 9 rings (SSSR count). The molecule has 0 fully saturated rings. The van der Waals surface area contributed by atoms with Crippen LogP contribution in [0.1, 0.15) is 12.3 Å². The van der Waals surface area contributed by atoms with Crippen LogP contribution < -0.4 is 0 Å². The molecule has 1 heteroatoms. The number of hydrogen-bond acceptors (Lipinski definition) is 1. The Balaban J connectivity index is 1.63. The van der Waals surface area contributed by atoms with E-state index in [0.29, 0.717) is 44.8 Å². The Morgan fingerprint density at radius 2 is 0.911 bits per heavy atom. The molecular formula is C44H28O. The molecule has 45 heavy (non-hydrogen) atoms. The Kier molecular flexibility index (Phi) is 4.15. The van der Waals surface area contributed by atoms with Crippen LogP contribution in [0.2, 0.25) is 0 Å². The molecule has 0 saturated carbocycles. The summed E-state index contributed by atoms with van der Waals surface area (Å²) >= 11 is 0. The molecule has 1 heterocycles. The highest BCUT2D eigenvalue weighted by atomic mass is 16.3. The highest BCUT2D eigenvalue weighted by molar-refractivity contribution is 6.28. The molecule has 0 unspecified atom stereocenters. The molecular weight excluding hydrogens is 544 g/mol. The van der Waals surface area contributed by atoms with Gasteiger partial charge in [-0.3, -0.25) is 0 Å². The number of rotatable bonds is 4. The number of hydrogen-bond donors (Lipinski definition) is 0. The molecule has 0 spiro atoms. The fourth-order valence-corrected chi connectivity index (χ4v) is 6.60. The molecule has 210 valence electrons. The van der Waals surface area contributed by atoms with Crippen LogP contribution >= 0.6 is 0 Å². The van der Waals surface area contributed by atoms with Crippen molar-refractivity contribution in [2.75, 3.05) is 0 Å². The summed E-state index contributed by atoms with van der Waals surface area (Å²) in [6.45, 7) is 0. The predicted octanol–water partition coefficient (Wildman–Crippen LogP) is 12.6. The molecule has 9 aromatic rings. The molecule has 8 aromatic carbocycles. The van der Waals surface area contributed by atoms with Crippen molar-refractivity contribution in [2.24, 2.45) is 0 Å². The third-order valence-corrected chi connectivity index (χ3v) is 8.48. The second kappa shape index (κ2) is 10.4. The van der Waals surface area contributed by atoms with E-state index in [4.69, 9.17) is 11.3 Å². The first-order chi connectivity index (χ1) is 26.1. The van der Waals surface area contributed by atoms with Crippen LogP contribution in [-0.2, 0) is 0 Å². The van der Waals surface area contributed by atoms with Crippen LogP contribution in [0.15, 0.2) is 174 Å². The van der Waals surface area contributed by atoms with E-state index >= 15 is 0 Å². The van der Waals surface area contributed by atoms with Crippen molar-refractivity contribution in [3.8, 4) is 44.5 Å². The lowest BCUT2D eigenvalue weighted by Gasteiger charge is -2.21. The van der Waals surface area contributed by atoms with Crippen molar-refractivity contribution in [1.82, 2.24) is 0 Å². The van der Waals surface area contributed by atoms with Gasteiger partial charge in [0.05, 0.1) is 12.3 Å². The minimum absolute atomic E-state index is 0.125. The minimum atomic E-state index is -0.468. The van der Waals surface area contributed by atoms with Crippen LogP contribution in [0.4, 0.5) is 0 Å². The van der Waals surface area contributed by atoms with Gasteiger partial charge >= 0.3 is 0 Å². The van der Waals surface area contributed by atoms with E-state index in [-0.39, 0.29) is 56.8 Å². The minimum Gasteiger partial charge on any atom is -0.456 e. The lowest BCUT2D eigenvalue weighted by atomic mass is 9.81. The van der Waals surface area contributed by atoms with Crippen molar-refractivity contribution in [3.63, 3.8) is 0 Å². The molecule has 0 saturated heterocycles. The first kappa shape index (κ1) is 18.0. The summed E-state index contributed by atoms with van der Waals surface area (Å²) in [6, 6.07) is 32.2. The van der Waals surface area contributed by atoms with E-state index in [0.717, 1.165) is 16.5 Å². The summed E-state index contributed by atoms with van der Waals surface area (Å²) in [4.78, 5) is 0. The van der Waals surface area contributed by atoms with E-state index in [1.54, 1.807) is 36.4 Å². The SMILES string of the molecule is [2H]c1ccc(-c2ccccc2-c2c3c([2H])c([2H])c([2H])c([2H])c3c(-c3c(-c4ccccc4)ccc4oc5ccccc5c34)c3c([2H])c([2H])c([2H])c([2H])c23)cc1. The van der Waals surface area contributed by atoms with E-state index in [1.165, 1.54) is 0 Å². The zero-order valence-electron chi connectivity index (χ0n) is 32.9. The fourth-order valence-electron chi connectivity index (χ4n) is 6.60. The van der Waals surface area contributed by atoms with Crippen LogP contribution in [0, 0.1) is 0 Å². The highest BCUT2D eigenvalue weighted by Gasteiger charge is 2.24. The molecule has 0 amide bonds. The molecule has 0 radical (unpaired) electrons. The number of furan rings is 1. The summed E-state index contributed by atoms with van der Waals surface area (Å²) in [5.74, 6) is 0. The van der Waals surface area contributed by atoms with Gasteiger partial charge in [-0.05, 0) is 72.6 Å². The molecule has 0 aliphatic heterocycles. The number of benzene rings is 8. The summed E-state index contributed by atoms with van der Waals surface area (Å²) in [5, 5.41) is 1.90. The predicted molar refractivity (Wildman–Crippen MR) is 190 cm³/mol. The van der Waals surface area contributed by atoms with Gasteiger partial charge in [0.15, 0.2) is 0 Å². The van der Waals surface area contributed by atoms with Gasteiger partial charge < -0.3 is 4.42 Å². The average Bonchev–Trinajstić information content (AvgIpc) is 3.59. The third kappa shape index (κ3) is 4.02. The average molecular weight is 582 g/mol. The molecule has 0 bridgehead atoms. The fraction of sp³-hybridized carbons (Fsp3) is 0. The maximum Gasteiger partial charge on any atom is 0.136 e. The quantitative estimate of drug-likeness (QED) is 0.188. The Morgan fingerprint density at radius 1 is 0.356 bits per heavy atom. The van der Waals surface area contributed by atoms with Gasteiger partial charge in [-0.25, -0.2) is 0 Å². The van der Waals surface area contributed by atoms with Crippen molar-refractivity contribution < 1.29 is 16.8 Å². The summed E-state index contributed by atoms with van der Waals surface area (Å²) in [5.41, 5.74) is 5.57. The smallest absolute Gasteiger partial charge is 0.136 e. The van der Waals surface area contributed by atoms with E-state index < -0.39 is 24.2 Å². The molecule has 1 aromatic heterocycles. The van der Waals surface area contributed by atoms with Gasteiger partial charge in [-0.1, -0.05) is 158 Å². The molecule has 0 N–H and O–H groups in total. The van der Waals surface area contributed by atoms with E-state index in [9.17, 15) is 5.48 Å². The normalized spacial score (nSPS) is 14.4. The zero-order chi connectivity index (χ0) is 37.6. The van der Waals surface area contributed by atoms with Crippen LogP contribution in [-0.4, -0.2) is 0 Å². The van der Waals surface area contributed by atoms with Gasteiger partial charge in [-0.2, -0.15) is 0 Å². The van der Waals surface area contributed by atoms with Gasteiger partial charge in [-0.15, -0.1) is 0 Å². The third-order valence-electron chi connectivity index (χ3n) is 8.48. The summed E-state index contributed by atoms with van der Waals surface area (Å²) in [6.07, 6.45) is 0. The van der Waals surface area contributed by atoms with Crippen molar-refractivity contribution in [2.45, 2.75) is 0 Å². The summed E-state index contributed by atoms with van der Waals surface area (Å²) in [7, 11) is 0. The van der Waals surface area contributed by atoms with Crippen molar-refractivity contribution in [1.29, 1.82) is 0 Å². The Bertz CT molecular complexity index is 2940. The van der Waals surface area contributed by atoms with Crippen LogP contribution in [0.25, 0.3) is 88.0 Å². The van der Waals surface area contributed by atoms with Crippen molar-refractivity contribution in [3.05, 3.63) is 170 Å². The number of fused-ring (bicyclic) bond motifs is 5. The highest BCUT2D eigenvalue weighted by Crippen LogP contribution is 2.50. The Hall–Kier alpha value is -5.92. The molecule has 0 atom stereocenters. The standard InChI is InChI=1S/C44H28O/c1-3-15-29(16-4-1)31-19-7-8-20-33(31)41-34-21-9-11-23-36(34)42(37-24-12-10-22-35(37)41)44-32(30-17-5-2-6-18-30)27-28-40-43(44)38-25-13-14-26-39(38)45-40/h1-28H/i1D,9D,10D,11D,12D,21D,22D,23D,24D. The van der Waals surface area contributed by atoms with Crippen LogP contribution in [0.3, 0.4) is 0 Å². The van der Waals surface area contributed by atoms with E-state index in [1.807, 2.05) is 78.9 Å². The van der Waals surface area contributed by atoms with Gasteiger partial charge in [0.2, 0.25) is 0 Å². The number of para-hydroxylation sites is 1. The first-order valence-corrected chi connectivity index (χ1v) is 14.7. The lowest BCUT2D eigenvalue weighted by molar-refractivity contribution is 0.669. The monoisotopic (exact) mass is 581 g/mol. The van der Waals surface area contributed by atoms with Gasteiger partial charge in [0.1, 0.15) is 11.2 Å². The Labute approximate surface area is 274 Å². The van der Waals surface area contributed by atoms with E-state index in [2.05, 4.69) is 0 Å². The topological polar surface area (TPSA) is 13.1 Å². The lowest BCUT2D eigenvalue weighted by Crippen LogP contribution is -1.94. The zero-order valence-corrected chi connectivity index (χ0v) is 23.9. The first-order valence-electron chi connectivity index (χ1n) is 19.2. The van der Waals surface area contributed by atoms with Gasteiger partial charge in [0.25, 0.3) is 0 Å². The van der Waals surface area contributed by atoms with Crippen molar-refractivity contribution >= 4 is 43.5 Å². The molecule has 1 nitrogen and oxygen atoms in total. The van der Waals surface area contributed by atoms with Crippen LogP contribution in [0.5, 0.6) is 0 Å². The molecule has 0 aliphatic carbocycles. The molecule has 0 aliphatic rings.